The molecule has 2 unspecified atom stereocenters. The van der Waals surface area contributed by atoms with E-state index in [1.165, 1.54) is 7.11 Å². The largest absolute Gasteiger partial charge is 0.493 e. The number of hydrogen-bond acceptors (Lipinski definition) is 5. The number of nitrogens with one attached hydrogen (secondary N) is 1. The van der Waals surface area contributed by atoms with Gasteiger partial charge in [0.1, 0.15) is 0 Å². The van der Waals surface area contributed by atoms with E-state index in [0.717, 1.165) is 5.56 Å². The second-order valence-electron chi connectivity index (χ2n) is 4.63. The quantitative estimate of drug-likeness (QED) is 0.707. The zero-order chi connectivity index (χ0) is 15.8. The minimum Gasteiger partial charge on any atom is -0.493 e. The molecule has 0 aromatic heterocycles. The van der Waals surface area contributed by atoms with Gasteiger partial charge in [0.05, 0.1) is 19.8 Å². The lowest BCUT2D eigenvalue weighted by Gasteiger charge is -2.17. The summed E-state index contributed by atoms with van der Waals surface area (Å²) in [6, 6.07) is 5.10. The molecule has 1 rings (SSSR count). The molecule has 0 aliphatic rings. The van der Waals surface area contributed by atoms with Gasteiger partial charge in [-0.2, -0.15) is 0 Å². The van der Waals surface area contributed by atoms with Gasteiger partial charge >= 0.3 is 0 Å². The first kappa shape index (κ1) is 17.3. The molecule has 2 N–H and O–H groups in total. The molecular weight excluding hydrogens is 274 g/mol. The lowest BCUT2D eigenvalue weighted by Crippen LogP contribution is -2.38. The molecule has 118 valence electrons. The fourth-order valence-electron chi connectivity index (χ4n) is 1.71. The number of carbonyl (C=O) groups excluding carboxylic acids is 1. The Morgan fingerprint density at radius 1 is 1.29 bits per heavy atom. The molecule has 21 heavy (non-hydrogen) atoms. The summed E-state index contributed by atoms with van der Waals surface area (Å²) >= 11 is 0. The van der Waals surface area contributed by atoms with Crippen molar-refractivity contribution >= 4 is 5.91 Å². The third-order valence-corrected chi connectivity index (χ3v) is 2.95. The van der Waals surface area contributed by atoms with Crippen LogP contribution in [-0.2, 0) is 9.53 Å². The zero-order valence-electron chi connectivity index (χ0n) is 12.9. The van der Waals surface area contributed by atoms with Crippen molar-refractivity contribution in [2.75, 3.05) is 27.4 Å². The second-order valence-corrected chi connectivity index (χ2v) is 4.63. The van der Waals surface area contributed by atoms with E-state index in [1.807, 2.05) is 0 Å². The van der Waals surface area contributed by atoms with Crippen molar-refractivity contribution in [1.29, 1.82) is 0 Å². The molecule has 1 amide bonds. The summed E-state index contributed by atoms with van der Waals surface area (Å²) < 4.78 is 15.7. The number of benzene rings is 1. The molecule has 0 heterocycles. The van der Waals surface area contributed by atoms with E-state index in [-0.39, 0.29) is 5.91 Å². The fourth-order valence-corrected chi connectivity index (χ4v) is 1.71. The van der Waals surface area contributed by atoms with E-state index < -0.39 is 12.2 Å². The molecule has 6 nitrogen and oxygen atoms in total. The molecule has 1 aromatic carbocycles. The summed E-state index contributed by atoms with van der Waals surface area (Å²) in [6.45, 7) is 4.21. The average Bonchev–Trinajstić information content (AvgIpc) is 2.47. The Morgan fingerprint density at radius 3 is 2.57 bits per heavy atom. The summed E-state index contributed by atoms with van der Waals surface area (Å²) in [4.78, 5) is 11.8. The SMILES string of the molecule is COCCNC(=O)C(C)Oc1ccc(C(C)O)cc1OC. The third kappa shape index (κ3) is 5.24. The Morgan fingerprint density at radius 2 is 2.00 bits per heavy atom. The zero-order valence-corrected chi connectivity index (χ0v) is 12.9. The topological polar surface area (TPSA) is 77.0 Å². The molecule has 0 fully saturated rings. The van der Waals surface area contributed by atoms with Gasteiger partial charge in [-0.25, -0.2) is 0 Å². The normalized spacial score (nSPS) is 13.4. The highest BCUT2D eigenvalue weighted by Crippen LogP contribution is 2.30. The van der Waals surface area contributed by atoms with Crippen LogP contribution in [0, 0.1) is 0 Å². The number of methoxy groups -OCH3 is 2. The maximum atomic E-state index is 11.8. The van der Waals surface area contributed by atoms with Crippen LogP contribution in [0.5, 0.6) is 11.5 Å². The molecule has 0 bridgehead atoms. The number of hydrogen-bond donors (Lipinski definition) is 2. The van der Waals surface area contributed by atoms with Crippen molar-refractivity contribution in [2.24, 2.45) is 0 Å². The van der Waals surface area contributed by atoms with Crippen LogP contribution in [0.25, 0.3) is 0 Å². The first-order chi connectivity index (χ1) is 9.99. The van der Waals surface area contributed by atoms with E-state index in [1.54, 1.807) is 39.2 Å². The molecule has 0 aliphatic heterocycles. The lowest BCUT2D eigenvalue weighted by atomic mass is 10.1. The van der Waals surface area contributed by atoms with Crippen molar-refractivity contribution < 1.29 is 24.1 Å². The number of ether oxygens (including phenoxy) is 3. The summed E-state index contributed by atoms with van der Waals surface area (Å²) in [7, 11) is 3.08. The van der Waals surface area contributed by atoms with Crippen LogP contribution in [0.15, 0.2) is 18.2 Å². The predicted molar refractivity (Wildman–Crippen MR) is 78.6 cm³/mol. The number of rotatable bonds is 8. The van der Waals surface area contributed by atoms with Gasteiger partial charge in [0.25, 0.3) is 5.91 Å². The Labute approximate surface area is 125 Å². The van der Waals surface area contributed by atoms with E-state index in [9.17, 15) is 9.90 Å². The lowest BCUT2D eigenvalue weighted by molar-refractivity contribution is -0.127. The highest BCUT2D eigenvalue weighted by atomic mass is 16.5. The van der Waals surface area contributed by atoms with Gasteiger partial charge in [-0.05, 0) is 31.5 Å². The van der Waals surface area contributed by atoms with E-state index in [2.05, 4.69) is 5.32 Å². The fraction of sp³-hybridized carbons (Fsp3) is 0.533. The average molecular weight is 297 g/mol. The molecule has 1 aromatic rings. The molecule has 6 heteroatoms. The predicted octanol–water partition coefficient (Wildman–Crippen LogP) is 1.28. The molecular formula is C15H23NO5. The van der Waals surface area contributed by atoms with Gasteiger partial charge in [0.2, 0.25) is 0 Å². The number of carbonyl (C=O) groups is 1. The van der Waals surface area contributed by atoms with Crippen molar-refractivity contribution in [3.8, 4) is 11.5 Å². The van der Waals surface area contributed by atoms with Gasteiger partial charge in [-0.15, -0.1) is 0 Å². The smallest absolute Gasteiger partial charge is 0.260 e. The highest BCUT2D eigenvalue weighted by molar-refractivity contribution is 5.80. The Bertz CT molecular complexity index is 461. The molecule has 2 atom stereocenters. The first-order valence-electron chi connectivity index (χ1n) is 6.79. The third-order valence-electron chi connectivity index (χ3n) is 2.95. The number of aliphatic hydroxyl groups is 1. The van der Waals surface area contributed by atoms with Gasteiger partial charge in [-0.1, -0.05) is 6.07 Å². The van der Waals surface area contributed by atoms with Crippen LogP contribution in [0.1, 0.15) is 25.5 Å². The Balaban J connectivity index is 2.71. The van der Waals surface area contributed by atoms with Gasteiger partial charge in [-0.3, -0.25) is 4.79 Å². The van der Waals surface area contributed by atoms with Crippen LogP contribution in [0.3, 0.4) is 0 Å². The highest BCUT2D eigenvalue weighted by Gasteiger charge is 2.17. The monoisotopic (exact) mass is 297 g/mol. The molecule has 0 radical (unpaired) electrons. The minimum atomic E-state index is -0.659. The minimum absolute atomic E-state index is 0.228. The molecule has 0 saturated carbocycles. The van der Waals surface area contributed by atoms with Crippen LogP contribution in [0.2, 0.25) is 0 Å². The first-order valence-corrected chi connectivity index (χ1v) is 6.79. The van der Waals surface area contributed by atoms with Gasteiger partial charge in [0, 0.05) is 13.7 Å². The molecule has 0 aliphatic carbocycles. The van der Waals surface area contributed by atoms with Gasteiger partial charge in [0.15, 0.2) is 17.6 Å². The van der Waals surface area contributed by atoms with E-state index in [0.29, 0.717) is 24.7 Å². The van der Waals surface area contributed by atoms with Crippen molar-refractivity contribution in [1.82, 2.24) is 5.32 Å². The standard InChI is InChI=1S/C15H23NO5/c1-10(17)12-5-6-13(14(9-12)20-4)21-11(2)15(18)16-7-8-19-3/h5-6,9-11,17H,7-8H2,1-4H3,(H,16,18). The van der Waals surface area contributed by atoms with E-state index >= 15 is 0 Å². The summed E-state index contributed by atoms with van der Waals surface area (Å²) in [5.74, 6) is 0.704. The van der Waals surface area contributed by atoms with Crippen molar-refractivity contribution in [3.63, 3.8) is 0 Å². The Hall–Kier alpha value is -1.79. The van der Waals surface area contributed by atoms with Crippen molar-refractivity contribution in [2.45, 2.75) is 26.1 Å². The maximum Gasteiger partial charge on any atom is 0.260 e. The summed E-state index contributed by atoms with van der Waals surface area (Å²) in [6.07, 6.45) is -1.25. The van der Waals surface area contributed by atoms with Crippen LogP contribution in [-0.4, -0.2) is 44.5 Å². The maximum absolute atomic E-state index is 11.8. The number of aliphatic hydroxyl groups excluding tert-OH is 1. The van der Waals surface area contributed by atoms with Crippen LogP contribution in [0.4, 0.5) is 0 Å². The number of amides is 1. The molecule has 0 spiro atoms. The molecule has 0 saturated heterocycles. The van der Waals surface area contributed by atoms with E-state index in [4.69, 9.17) is 14.2 Å². The van der Waals surface area contributed by atoms with Crippen LogP contribution >= 0.6 is 0 Å². The Kier molecular flexibility index (Phi) is 6.98. The summed E-state index contributed by atoms with van der Waals surface area (Å²) in [5.41, 5.74) is 0.719. The second kappa shape index (κ2) is 8.49. The summed E-state index contributed by atoms with van der Waals surface area (Å²) in [5, 5.41) is 12.3. The van der Waals surface area contributed by atoms with Crippen LogP contribution < -0.4 is 14.8 Å². The van der Waals surface area contributed by atoms with Gasteiger partial charge < -0.3 is 24.6 Å². The van der Waals surface area contributed by atoms with Crippen molar-refractivity contribution in [3.05, 3.63) is 23.8 Å².